The normalized spacial score (nSPS) is 14.5. The van der Waals surface area contributed by atoms with E-state index in [0.717, 1.165) is 22.3 Å². The molecule has 0 aliphatic carbocycles. The van der Waals surface area contributed by atoms with Crippen molar-refractivity contribution in [2.24, 2.45) is 5.41 Å². The summed E-state index contributed by atoms with van der Waals surface area (Å²) in [5.74, 6) is 0.645. The number of hydrogen-bond donors (Lipinski definition) is 4. The van der Waals surface area contributed by atoms with Crippen molar-refractivity contribution in [1.29, 1.82) is 0 Å². The average Bonchev–Trinajstić information content (AvgIpc) is 2.81. The second kappa shape index (κ2) is 12.4. The average molecular weight is 577 g/mol. The molecule has 0 saturated carbocycles. The number of aliphatic hydroxyl groups is 2. The first-order chi connectivity index (χ1) is 18.1. The first-order valence-electron chi connectivity index (χ1n) is 14.1. The highest BCUT2D eigenvalue weighted by atomic mass is 31.2. The fourth-order valence-corrected chi connectivity index (χ4v) is 5.17. The van der Waals surface area contributed by atoms with E-state index in [1.807, 2.05) is 12.1 Å². The van der Waals surface area contributed by atoms with Crippen LogP contribution in [0.15, 0.2) is 36.4 Å². The summed E-state index contributed by atoms with van der Waals surface area (Å²) in [5, 5.41) is 21.6. The van der Waals surface area contributed by atoms with Crippen molar-refractivity contribution in [2.75, 3.05) is 19.8 Å². The molecule has 0 aliphatic rings. The smallest absolute Gasteiger partial charge is 0.327 e. The van der Waals surface area contributed by atoms with Gasteiger partial charge >= 0.3 is 8.60 Å². The minimum absolute atomic E-state index is 0.0622. The number of aliphatic hydroxyl groups excluding tert-OH is 2. The van der Waals surface area contributed by atoms with Crippen LogP contribution in [-0.2, 0) is 26.2 Å². The molecule has 0 bridgehead atoms. The summed E-state index contributed by atoms with van der Waals surface area (Å²) in [4.78, 5) is 19.2. The van der Waals surface area contributed by atoms with E-state index in [1.54, 1.807) is 0 Å². The standard InChI is InChI=1S/C33H53O6P/c1-29(2,3)22-13-15-24(25(17-22)31(7,8)9)28(33(19-34,20-35)21-38-40(36)37)39-27-16-14-23(30(4,5)6)18-26(27)32(10,11)12/h13-18,28,34-37H,19-21H2,1-12H3. The van der Waals surface area contributed by atoms with Gasteiger partial charge in [-0.1, -0.05) is 113 Å². The van der Waals surface area contributed by atoms with Crippen molar-refractivity contribution in [1.82, 2.24) is 0 Å². The summed E-state index contributed by atoms with van der Waals surface area (Å²) < 4.78 is 12.2. The Labute approximate surface area is 243 Å². The number of hydrogen-bond acceptors (Lipinski definition) is 6. The number of ether oxygens (including phenoxy) is 1. The molecule has 6 nitrogen and oxygen atoms in total. The molecule has 0 aliphatic heterocycles. The third-order valence-corrected chi connectivity index (χ3v) is 7.92. The number of benzene rings is 2. The molecule has 7 heteroatoms. The summed E-state index contributed by atoms with van der Waals surface area (Å²) >= 11 is 0. The van der Waals surface area contributed by atoms with Crippen LogP contribution < -0.4 is 4.74 Å². The zero-order valence-electron chi connectivity index (χ0n) is 26.7. The molecule has 4 N–H and O–H groups in total. The van der Waals surface area contributed by atoms with Gasteiger partial charge < -0.3 is 29.3 Å². The lowest BCUT2D eigenvalue weighted by molar-refractivity contribution is -0.0708. The molecule has 0 radical (unpaired) electrons. The molecule has 1 atom stereocenters. The van der Waals surface area contributed by atoms with Crippen LogP contribution >= 0.6 is 8.60 Å². The van der Waals surface area contributed by atoms with Crippen molar-refractivity contribution in [3.8, 4) is 5.75 Å². The fraction of sp³-hybridized carbons (Fsp3) is 0.636. The van der Waals surface area contributed by atoms with Crippen LogP contribution in [0.25, 0.3) is 0 Å². The Morgan fingerprint density at radius 3 is 1.50 bits per heavy atom. The van der Waals surface area contributed by atoms with Crippen LogP contribution in [0.2, 0.25) is 0 Å². The third kappa shape index (κ3) is 8.27. The molecule has 2 rings (SSSR count). The summed E-state index contributed by atoms with van der Waals surface area (Å²) in [7, 11) is -2.70. The van der Waals surface area contributed by atoms with E-state index in [9.17, 15) is 20.0 Å². The number of rotatable bonds is 9. The quantitative estimate of drug-likeness (QED) is 0.236. The van der Waals surface area contributed by atoms with Crippen LogP contribution in [0.3, 0.4) is 0 Å². The predicted octanol–water partition coefficient (Wildman–Crippen LogP) is 7.20. The molecule has 0 saturated heterocycles. The zero-order valence-corrected chi connectivity index (χ0v) is 27.6. The van der Waals surface area contributed by atoms with Gasteiger partial charge in [-0.15, -0.1) is 0 Å². The molecule has 40 heavy (non-hydrogen) atoms. The lowest BCUT2D eigenvalue weighted by Crippen LogP contribution is -2.44. The molecule has 0 amide bonds. The molecule has 0 spiro atoms. The third-order valence-electron chi connectivity index (χ3n) is 7.56. The molecule has 226 valence electrons. The van der Waals surface area contributed by atoms with Gasteiger partial charge in [0.15, 0.2) is 0 Å². The lowest BCUT2D eigenvalue weighted by atomic mass is 9.72. The first-order valence-corrected chi connectivity index (χ1v) is 15.2. The van der Waals surface area contributed by atoms with Crippen LogP contribution in [0.1, 0.15) is 117 Å². The van der Waals surface area contributed by atoms with E-state index in [-0.39, 0.29) is 28.3 Å². The van der Waals surface area contributed by atoms with E-state index >= 15 is 0 Å². The summed E-state index contributed by atoms with van der Waals surface area (Å²) in [6.45, 7) is 24.5. The Hall–Kier alpha value is -1.53. The second-order valence-corrected chi connectivity index (χ2v) is 16.0. The molecule has 1 unspecified atom stereocenters. The summed E-state index contributed by atoms with van der Waals surface area (Å²) in [6, 6.07) is 12.5. The van der Waals surface area contributed by atoms with Crippen molar-refractivity contribution in [3.05, 3.63) is 64.2 Å². The molecule has 0 fully saturated rings. The maximum Gasteiger partial charge on any atom is 0.327 e. The highest BCUT2D eigenvalue weighted by molar-refractivity contribution is 7.39. The maximum absolute atomic E-state index is 10.8. The van der Waals surface area contributed by atoms with Crippen LogP contribution in [0.4, 0.5) is 0 Å². The fourth-order valence-electron chi connectivity index (χ4n) is 4.80. The Morgan fingerprint density at radius 1 is 0.650 bits per heavy atom. The van der Waals surface area contributed by atoms with Gasteiger partial charge in [-0.3, -0.25) is 0 Å². The van der Waals surface area contributed by atoms with Gasteiger partial charge in [-0.05, 0) is 55.5 Å². The van der Waals surface area contributed by atoms with Gasteiger partial charge in [-0.2, -0.15) is 0 Å². The highest BCUT2D eigenvalue weighted by Gasteiger charge is 2.45. The molecule has 0 aromatic heterocycles. The first kappa shape index (κ1) is 34.7. The van der Waals surface area contributed by atoms with Crippen molar-refractivity contribution < 1.29 is 29.3 Å². The Balaban J connectivity index is 2.92. The summed E-state index contributed by atoms with van der Waals surface area (Å²) in [6.07, 6.45) is -0.859. The Bertz CT molecular complexity index is 1130. The molecular weight excluding hydrogens is 523 g/mol. The highest BCUT2D eigenvalue weighted by Crippen LogP contribution is 2.47. The predicted molar refractivity (Wildman–Crippen MR) is 165 cm³/mol. The molecular formula is C33H53O6P. The molecule has 2 aromatic carbocycles. The van der Waals surface area contributed by atoms with Gasteiger partial charge in [0.2, 0.25) is 0 Å². The maximum atomic E-state index is 10.8. The molecule has 0 heterocycles. The van der Waals surface area contributed by atoms with Gasteiger partial charge in [0, 0.05) is 0 Å². The van der Waals surface area contributed by atoms with Gasteiger partial charge in [0.25, 0.3) is 0 Å². The largest absolute Gasteiger partial charge is 0.485 e. The van der Waals surface area contributed by atoms with Crippen molar-refractivity contribution in [2.45, 2.75) is 111 Å². The SMILES string of the molecule is CC(C)(C)c1ccc(OC(c2ccc(C(C)(C)C)cc2C(C)(C)C)C(CO)(CO)COP(O)O)c(C(C)(C)C)c1. The van der Waals surface area contributed by atoms with Crippen LogP contribution in [0, 0.1) is 5.41 Å². The summed E-state index contributed by atoms with van der Waals surface area (Å²) in [5.41, 5.74) is 3.11. The minimum Gasteiger partial charge on any atom is -0.485 e. The van der Waals surface area contributed by atoms with Gasteiger partial charge in [0.05, 0.1) is 25.2 Å². The second-order valence-electron chi connectivity index (χ2n) is 15.2. The minimum atomic E-state index is -2.70. The molecule has 2 aromatic rings. The lowest BCUT2D eigenvalue weighted by Gasteiger charge is -2.41. The van der Waals surface area contributed by atoms with Crippen molar-refractivity contribution >= 4 is 8.60 Å². The van der Waals surface area contributed by atoms with E-state index in [1.165, 1.54) is 5.56 Å². The van der Waals surface area contributed by atoms with Crippen LogP contribution in [-0.4, -0.2) is 39.8 Å². The van der Waals surface area contributed by atoms with Gasteiger partial charge in [-0.25, -0.2) is 0 Å². The Morgan fingerprint density at radius 2 is 1.10 bits per heavy atom. The Kier molecular flexibility index (Phi) is 10.7. The van der Waals surface area contributed by atoms with E-state index in [2.05, 4.69) is 107 Å². The van der Waals surface area contributed by atoms with E-state index in [4.69, 9.17) is 9.26 Å². The van der Waals surface area contributed by atoms with E-state index in [0.29, 0.717) is 5.75 Å². The van der Waals surface area contributed by atoms with Crippen LogP contribution in [0.5, 0.6) is 5.75 Å². The monoisotopic (exact) mass is 576 g/mol. The topological polar surface area (TPSA) is 99.4 Å². The van der Waals surface area contributed by atoms with Crippen molar-refractivity contribution in [3.63, 3.8) is 0 Å². The zero-order chi connectivity index (χ0) is 30.9. The van der Waals surface area contributed by atoms with E-state index < -0.39 is 33.3 Å². The van der Waals surface area contributed by atoms with Gasteiger partial charge in [0.1, 0.15) is 11.9 Å².